The van der Waals surface area contributed by atoms with Gasteiger partial charge in [-0.1, -0.05) is 61.9 Å². The predicted molar refractivity (Wildman–Crippen MR) is 80.8 cm³/mol. The molecule has 3 heteroatoms. The molecule has 21 heavy (non-hydrogen) atoms. The highest BCUT2D eigenvalue weighted by molar-refractivity contribution is 5.70. The molecule has 0 atom stereocenters. The van der Waals surface area contributed by atoms with E-state index in [0.717, 1.165) is 30.5 Å². The van der Waals surface area contributed by atoms with Gasteiger partial charge >= 0.3 is 6.18 Å². The van der Waals surface area contributed by atoms with Gasteiger partial charge in [-0.3, -0.25) is 0 Å². The standard InChI is InChI=1S/C18H17F3/c1-2-4-14-7-9-15(10-8-14)11-12-16-5-3-6-17(13-16)18(19,20)21/h3,5-13H,2,4H2,1H3/b12-11+. The molecular formula is C18H17F3. The molecule has 2 aromatic carbocycles. The van der Waals surface area contributed by atoms with Crippen LogP contribution in [0.3, 0.4) is 0 Å². The Hall–Kier alpha value is -2.03. The van der Waals surface area contributed by atoms with Crippen molar-refractivity contribution in [1.82, 2.24) is 0 Å². The molecule has 0 saturated heterocycles. The molecule has 0 nitrogen and oxygen atoms in total. The Morgan fingerprint density at radius 3 is 2.19 bits per heavy atom. The average Bonchev–Trinajstić information content (AvgIpc) is 2.46. The lowest BCUT2D eigenvalue weighted by atomic mass is 10.1. The SMILES string of the molecule is CCCc1ccc(/C=C/c2cccc(C(F)(F)F)c2)cc1. The topological polar surface area (TPSA) is 0 Å². The Bertz CT molecular complexity index is 607. The van der Waals surface area contributed by atoms with E-state index in [1.165, 1.54) is 11.6 Å². The van der Waals surface area contributed by atoms with E-state index in [1.807, 2.05) is 18.2 Å². The molecule has 0 radical (unpaired) electrons. The molecule has 2 aromatic rings. The molecule has 0 heterocycles. The summed E-state index contributed by atoms with van der Waals surface area (Å²) in [6, 6.07) is 13.4. The van der Waals surface area contributed by atoms with Crippen molar-refractivity contribution in [3.63, 3.8) is 0 Å². The van der Waals surface area contributed by atoms with Gasteiger partial charge in [-0.15, -0.1) is 0 Å². The van der Waals surface area contributed by atoms with Crippen LogP contribution in [0.2, 0.25) is 0 Å². The minimum absolute atomic E-state index is 0.544. The third kappa shape index (κ3) is 4.48. The molecule has 0 saturated carbocycles. The van der Waals surface area contributed by atoms with Gasteiger partial charge in [0.15, 0.2) is 0 Å². The highest BCUT2D eigenvalue weighted by Gasteiger charge is 2.30. The molecule has 0 unspecified atom stereocenters. The van der Waals surface area contributed by atoms with E-state index in [2.05, 4.69) is 19.1 Å². The van der Waals surface area contributed by atoms with Crippen LogP contribution >= 0.6 is 0 Å². The number of hydrogen-bond donors (Lipinski definition) is 0. The van der Waals surface area contributed by atoms with Crippen molar-refractivity contribution in [2.24, 2.45) is 0 Å². The highest BCUT2D eigenvalue weighted by Crippen LogP contribution is 2.29. The van der Waals surface area contributed by atoms with Gasteiger partial charge in [0.25, 0.3) is 0 Å². The van der Waals surface area contributed by atoms with Crippen LogP contribution in [0, 0.1) is 0 Å². The molecule has 0 spiro atoms. The van der Waals surface area contributed by atoms with Gasteiger partial charge < -0.3 is 0 Å². The molecule has 0 aliphatic heterocycles. The van der Waals surface area contributed by atoms with Gasteiger partial charge in [0.1, 0.15) is 0 Å². The zero-order valence-corrected chi connectivity index (χ0v) is 11.8. The normalized spacial score (nSPS) is 12.0. The maximum Gasteiger partial charge on any atom is 0.416 e. The molecule has 0 N–H and O–H groups in total. The lowest BCUT2D eigenvalue weighted by Gasteiger charge is -2.06. The minimum Gasteiger partial charge on any atom is -0.166 e. The van der Waals surface area contributed by atoms with E-state index in [-0.39, 0.29) is 0 Å². The van der Waals surface area contributed by atoms with E-state index in [1.54, 1.807) is 12.1 Å². The molecule has 0 aliphatic rings. The first-order chi connectivity index (χ1) is 9.99. The van der Waals surface area contributed by atoms with Crippen molar-refractivity contribution in [2.75, 3.05) is 0 Å². The van der Waals surface area contributed by atoms with Crippen molar-refractivity contribution < 1.29 is 13.2 Å². The van der Waals surface area contributed by atoms with Crippen LogP contribution in [0.25, 0.3) is 12.2 Å². The van der Waals surface area contributed by atoms with Crippen LogP contribution in [0.4, 0.5) is 13.2 Å². The van der Waals surface area contributed by atoms with Crippen molar-refractivity contribution in [1.29, 1.82) is 0 Å². The van der Waals surface area contributed by atoms with Crippen molar-refractivity contribution in [3.8, 4) is 0 Å². The molecular weight excluding hydrogens is 273 g/mol. The van der Waals surface area contributed by atoms with Crippen LogP contribution in [0.15, 0.2) is 48.5 Å². The third-order valence-electron chi connectivity index (χ3n) is 3.20. The van der Waals surface area contributed by atoms with Gasteiger partial charge in [0.05, 0.1) is 5.56 Å². The molecule has 0 aliphatic carbocycles. The fraction of sp³-hybridized carbons (Fsp3) is 0.222. The van der Waals surface area contributed by atoms with Crippen molar-refractivity contribution in [2.45, 2.75) is 25.9 Å². The first-order valence-electron chi connectivity index (χ1n) is 6.93. The summed E-state index contributed by atoms with van der Waals surface area (Å²) >= 11 is 0. The number of halogens is 3. The number of hydrogen-bond acceptors (Lipinski definition) is 0. The zero-order chi connectivity index (χ0) is 15.3. The number of alkyl halides is 3. The van der Waals surface area contributed by atoms with E-state index >= 15 is 0 Å². The quantitative estimate of drug-likeness (QED) is 0.622. The summed E-state index contributed by atoms with van der Waals surface area (Å²) in [6.07, 6.45) is 1.36. The number of rotatable bonds is 4. The Morgan fingerprint density at radius 2 is 1.57 bits per heavy atom. The largest absolute Gasteiger partial charge is 0.416 e. The van der Waals surface area contributed by atoms with Crippen molar-refractivity contribution in [3.05, 3.63) is 70.8 Å². The second-order valence-electron chi connectivity index (χ2n) is 4.95. The van der Waals surface area contributed by atoms with Crippen LogP contribution in [-0.4, -0.2) is 0 Å². The van der Waals surface area contributed by atoms with Crippen LogP contribution in [-0.2, 0) is 12.6 Å². The third-order valence-corrected chi connectivity index (χ3v) is 3.20. The van der Waals surface area contributed by atoms with E-state index in [4.69, 9.17) is 0 Å². The molecule has 0 aromatic heterocycles. The summed E-state index contributed by atoms with van der Waals surface area (Å²) in [5, 5.41) is 0. The van der Waals surface area contributed by atoms with Crippen LogP contribution < -0.4 is 0 Å². The maximum absolute atomic E-state index is 12.6. The fourth-order valence-corrected chi connectivity index (χ4v) is 2.10. The molecule has 0 amide bonds. The van der Waals surface area contributed by atoms with Gasteiger partial charge in [0, 0.05) is 0 Å². The monoisotopic (exact) mass is 290 g/mol. The zero-order valence-electron chi connectivity index (χ0n) is 11.8. The smallest absolute Gasteiger partial charge is 0.166 e. The first kappa shape index (κ1) is 15.4. The van der Waals surface area contributed by atoms with Crippen LogP contribution in [0.5, 0.6) is 0 Å². The Balaban J connectivity index is 2.14. The summed E-state index contributed by atoms with van der Waals surface area (Å²) < 4.78 is 37.9. The Kier molecular flexibility index (Phi) is 4.84. The predicted octanol–water partition coefficient (Wildman–Crippen LogP) is 5.83. The van der Waals surface area contributed by atoms with E-state index in [0.29, 0.717) is 5.56 Å². The first-order valence-corrected chi connectivity index (χ1v) is 6.93. The van der Waals surface area contributed by atoms with Gasteiger partial charge in [-0.25, -0.2) is 0 Å². The van der Waals surface area contributed by atoms with Gasteiger partial charge in [0.2, 0.25) is 0 Å². The minimum atomic E-state index is -4.30. The summed E-state index contributed by atoms with van der Waals surface area (Å²) in [4.78, 5) is 0. The van der Waals surface area contributed by atoms with Crippen molar-refractivity contribution >= 4 is 12.2 Å². The van der Waals surface area contributed by atoms with E-state index < -0.39 is 11.7 Å². The van der Waals surface area contributed by atoms with E-state index in [9.17, 15) is 13.2 Å². The van der Waals surface area contributed by atoms with Gasteiger partial charge in [-0.2, -0.15) is 13.2 Å². The molecule has 2 rings (SSSR count). The number of benzene rings is 2. The molecule has 0 fully saturated rings. The Labute approximate surface area is 122 Å². The van der Waals surface area contributed by atoms with Crippen LogP contribution in [0.1, 0.15) is 35.6 Å². The molecule has 110 valence electrons. The summed E-state index contributed by atoms with van der Waals surface area (Å²) in [7, 11) is 0. The summed E-state index contributed by atoms with van der Waals surface area (Å²) in [6.45, 7) is 2.13. The lowest BCUT2D eigenvalue weighted by molar-refractivity contribution is -0.137. The van der Waals surface area contributed by atoms with Gasteiger partial charge in [-0.05, 0) is 35.2 Å². The lowest BCUT2D eigenvalue weighted by Crippen LogP contribution is -2.04. The fourth-order valence-electron chi connectivity index (χ4n) is 2.10. The average molecular weight is 290 g/mol. The summed E-state index contributed by atoms with van der Waals surface area (Å²) in [5.74, 6) is 0. The molecule has 0 bridgehead atoms. The highest BCUT2D eigenvalue weighted by atomic mass is 19.4. The number of aryl methyl sites for hydroxylation is 1. The second kappa shape index (κ2) is 6.61. The second-order valence-corrected chi connectivity index (χ2v) is 4.95. The summed E-state index contributed by atoms with van der Waals surface area (Å²) in [5.41, 5.74) is 2.17. The Morgan fingerprint density at radius 1 is 0.905 bits per heavy atom. The maximum atomic E-state index is 12.6.